The lowest BCUT2D eigenvalue weighted by atomic mass is 10.2. The van der Waals surface area contributed by atoms with Gasteiger partial charge in [-0.2, -0.15) is 0 Å². The van der Waals surface area contributed by atoms with Gasteiger partial charge in [0.15, 0.2) is 9.84 Å². The van der Waals surface area contributed by atoms with Gasteiger partial charge >= 0.3 is 0 Å². The molecule has 1 fully saturated rings. The summed E-state index contributed by atoms with van der Waals surface area (Å²) in [4.78, 5) is 14.7. The van der Waals surface area contributed by atoms with Gasteiger partial charge in [-0.05, 0) is 26.0 Å². The number of likely N-dealkylation sites (tertiary alicyclic amines) is 1. The van der Waals surface area contributed by atoms with Crippen LogP contribution in [0.4, 0.5) is 0 Å². The van der Waals surface area contributed by atoms with Crippen LogP contribution in [-0.4, -0.2) is 63.4 Å². The van der Waals surface area contributed by atoms with E-state index in [1.165, 1.54) is 0 Å². The fourth-order valence-corrected chi connectivity index (χ4v) is 4.12. The Labute approximate surface area is 144 Å². The van der Waals surface area contributed by atoms with E-state index in [9.17, 15) is 13.2 Å². The second kappa shape index (κ2) is 8.09. The SMILES string of the molecule is CO[C@H]1CN(C(C)C)C[C@@H]1NC(=O)CCS(=O)(=O)c1ccccc1. The molecule has 1 aliphatic heterocycles. The lowest BCUT2D eigenvalue weighted by Crippen LogP contribution is -2.44. The van der Waals surface area contributed by atoms with Crippen LogP contribution in [0.3, 0.4) is 0 Å². The number of nitrogens with one attached hydrogen (secondary N) is 1. The molecule has 1 saturated heterocycles. The van der Waals surface area contributed by atoms with E-state index < -0.39 is 9.84 Å². The van der Waals surface area contributed by atoms with Crippen LogP contribution in [0.25, 0.3) is 0 Å². The van der Waals surface area contributed by atoms with Crippen molar-refractivity contribution in [3.05, 3.63) is 30.3 Å². The molecule has 0 spiro atoms. The Hall–Kier alpha value is -1.44. The van der Waals surface area contributed by atoms with E-state index in [4.69, 9.17) is 4.74 Å². The van der Waals surface area contributed by atoms with Crippen LogP contribution in [0.5, 0.6) is 0 Å². The summed E-state index contributed by atoms with van der Waals surface area (Å²) in [7, 11) is -1.80. The van der Waals surface area contributed by atoms with E-state index in [2.05, 4.69) is 24.1 Å². The smallest absolute Gasteiger partial charge is 0.221 e. The maximum Gasteiger partial charge on any atom is 0.221 e. The topological polar surface area (TPSA) is 75.7 Å². The molecule has 0 bridgehead atoms. The third-order valence-electron chi connectivity index (χ3n) is 4.37. The van der Waals surface area contributed by atoms with Crippen LogP contribution in [0, 0.1) is 0 Å². The molecule has 0 saturated carbocycles. The molecule has 0 aromatic heterocycles. The largest absolute Gasteiger partial charge is 0.378 e. The van der Waals surface area contributed by atoms with Gasteiger partial charge in [0.2, 0.25) is 5.91 Å². The first-order chi connectivity index (χ1) is 11.3. The van der Waals surface area contributed by atoms with Crippen molar-refractivity contribution < 1.29 is 17.9 Å². The molecular weight excluding hydrogens is 328 g/mol. The number of carbonyl (C=O) groups excluding carboxylic acids is 1. The normalized spacial score (nSPS) is 22.0. The molecule has 134 valence electrons. The van der Waals surface area contributed by atoms with Crippen molar-refractivity contribution in [2.45, 2.75) is 43.4 Å². The van der Waals surface area contributed by atoms with Crippen molar-refractivity contribution in [3.8, 4) is 0 Å². The number of hydrogen-bond donors (Lipinski definition) is 1. The predicted octanol–water partition coefficient (Wildman–Crippen LogP) is 1.07. The molecule has 1 amide bonds. The summed E-state index contributed by atoms with van der Waals surface area (Å²) in [5, 5.41) is 2.92. The lowest BCUT2D eigenvalue weighted by Gasteiger charge is -2.20. The van der Waals surface area contributed by atoms with Crippen molar-refractivity contribution in [2.24, 2.45) is 0 Å². The quantitative estimate of drug-likeness (QED) is 0.793. The Morgan fingerprint density at radius 1 is 1.29 bits per heavy atom. The third-order valence-corrected chi connectivity index (χ3v) is 6.11. The van der Waals surface area contributed by atoms with Crippen LogP contribution < -0.4 is 5.32 Å². The standard InChI is InChI=1S/C17H26N2O4S/c1-13(2)19-11-15(16(12-19)23-3)18-17(20)9-10-24(21,22)14-7-5-4-6-8-14/h4-8,13,15-16H,9-12H2,1-3H3,(H,18,20)/t15-,16-/m0/s1. The molecule has 1 aromatic carbocycles. The zero-order valence-corrected chi connectivity index (χ0v) is 15.3. The van der Waals surface area contributed by atoms with Gasteiger partial charge in [-0.15, -0.1) is 0 Å². The number of sulfone groups is 1. The average Bonchev–Trinajstić information content (AvgIpc) is 2.97. The number of nitrogens with zero attached hydrogens (tertiary/aromatic N) is 1. The maximum atomic E-state index is 12.2. The molecule has 6 nitrogen and oxygen atoms in total. The molecular formula is C17H26N2O4S. The second-order valence-electron chi connectivity index (χ2n) is 6.38. The van der Waals surface area contributed by atoms with E-state index in [0.29, 0.717) is 12.6 Å². The van der Waals surface area contributed by atoms with E-state index in [1.54, 1.807) is 37.4 Å². The van der Waals surface area contributed by atoms with Crippen LogP contribution in [0.15, 0.2) is 35.2 Å². The fourth-order valence-electron chi connectivity index (χ4n) is 2.85. The van der Waals surface area contributed by atoms with Crippen LogP contribution in [0.1, 0.15) is 20.3 Å². The Morgan fingerprint density at radius 2 is 1.96 bits per heavy atom. The predicted molar refractivity (Wildman–Crippen MR) is 92.5 cm³/mol. The van der Waals surface area contributed by atoms with Crippen LogP contribution in [-0.2, 0) is 19.4 Å². The van der Waals surface area contributed by atoms with Crippen molar-refractivity contribution in [1.82, 2.24) is 10.2 Å². The van der Waals surface area contributed by atoms with Crippen molar-refractivity contribution >= 4 is 15.7 Å². The molecule has 1 aliphatic rings. The van der Waals surface area contributed by atoms with Gasteiger partial charge in [0, 0.05) is 32.7 Å². The zero-order valence-electron chi connectivity index (χ0n) is 14.4. The van der Waals surface area contributed by atoms with Gasteiger partial charge in [0.05, 0.1) is 22.8 Å². The number of amides is 1. The zero-order chi connectivity index (χ0) is 17.7. The Balaban J connectivity index is 1.89. The fraction of sp³-hybridized carbons (Fsp3) is 0.588. The first-order valence-corrected chi connectivity index (χ1v) is 9.82. The first kappa shape index (κ1) is 18.9. The number of hydrogen-bond acceptors (Lipinski definition) is 5. The summed E-state index contributed by atoms with van der Waals surface area (Å²) in [6.07, 6.45) is -0.117. The highest BCUT2D eigenvalue weighted by atomic mass is 32.2. The summed E-state index contributed by atoms with van der Waals surface area (Å²) >= 11 is 0. The highest BCUT2D eigenvalue weighted by molar-refractivity contribution is 7.91. The van der Waals surface area contributed by atoms with Gasteiger partial charge in [0.25, 0.3) is 0 Å². The van der Waals surface area contributed by atoms with E-state index in [-0.39, 0.29) is 35.1 Å². The molecule has 1 N–H and O–H groups in total. The third kappa shape index (κ3) is 4.78. The van der Waals surface area contributed by atoms with Gasteiger partial charge in [-0.1, -0.05) is 18.2 Å². The molecule has 0 aliphatic carbocycles. The molecule has 0 unspecified atom stereocenters. The molecule has 1 heterocycles. The summed E-state index contributed by atoms with van der Waals surface area (Å²) in [6, 6.07) is 8.48. The summed E-state index contributed by atoms with van der Waals surface area (Å²) in [5.74, 6) is -0.451. The number of methoxy groups -OCH3 is 1. The molecule has 7 heteroatoms. The van der Waals surface area contributed by atoms with E-state index >= 15 is 0 Å². The van der Waals surface area contributed by atoms with Crippen LogP contribution in [0.2, 0.25) is 0 Å². The van der Waals surface area contributed by atoms with Crippen molar-refractivity contribution in [1.29, 1.82) is 0 Å². The Morgan fingerprint density at radius 3 is 2.54 bits per heavy atom. The minimum absolute atomic E-state index is 0.0498. The summed E-state index contributed by atoms with van der Waals surface area (Å²) < 4.78 is 29.9. The average molecular weight is 354 g/mol. The highest BCUT2D eigenvalue weighted by Gasteiger charge is 2.35. The molecule has 2 rings (SSSR count). The number of ether oxygens (including phenoxy) is 1. The minimum Gasteiger partial charge on any atom is -0.378 e. The van der Waals surface area contributed by atoms with E-state index in [1.807, 2.05) is 0 Å². The van der Waals surface area contributed by atoms with Crippen molar-refractivity contribution in [3.63, 3.8) is 0 Å². The molecule has 0 radical (unpaired) electrons. The molecule has 24 heavy (non-hydrogen) atoms. The van der Waals surface area contributed by atoms with Gasteiger partial charge in [-0.25, -0.2) is 8.42 Å². The van der Waals surface area contributed by atoms with Crippen LogP contribution >= 0.6 is 0 Å². The monoisotopic (exact) mass is 354 g/mol. The van der Waals surface area contributed by atoms with Crippen molar-refractivity contribution in [2.75, 3.05) is 26.0 Å². The maximum absolute atomic E-state index is 12.2. The number of benzene rings is 1. The second-order valence-corrected chi connectivity index (χ2v) is 8.49. The van der Waals surface area contributed by atoms with Gasteiger partial charge < -0.3 is 10.1 Å². The van der Waals surface area contributed by atoms with Gasteiger partial charge in [0.1, 0.15) is 0 Å². The summed E-state index contributed by atoms with van der Waals surface area (Å²) in [5.41, 5.74) is 0. The molecule has 2 atom stereocenters. The van der Waals surface area contributed by atoms with E-state index in [0.717, 1.165) is 6.54 Å². The lowest BCUT2D eigenvalue weighted by molar-refractivity contribution is -0.122. The molecule has 1 aromatic rings. The highest BCUT2D eigenvalue weighted by Crippen LogP contribution is 2.16. The first-order valence-electron chi connectivity index (χ1n) is 8.17. The van der Waals surface area contributed by atoms with Gasteiger partial charge in [-0.3, -0.25) is 9.69 Å². The number of carbonyl (C=O) groups is 1. The number of rotatable bonds is 7. The minimum atomic E-state index is -3.43. The Kier molecular flexibility index (Phi) is 6.37. The summed E-state index contributed by atoms with van der Waals surface area (Å²) in [6.45, 7) is 5.68. The Bertz CT molecular complexity index is 646.